The van der Waals surface area contributed by atoms with E-state index >= 15 is 0 Å². The van der Waals surface area contributed by atoms with Crippen molar-refractivity contribution in [3.8, 4) is 0 Å². The Balaban J connectivity index is 0.00000225. The van der Waals surface area contributed by atoms with Crippen molar-refractivity contribution in [2.45, 2.75) is 39.7 Å². The van der Waals surface area contributed by atoms with E-state index in [1.165, 1.54) is 0 Å². The van der Waals surface area contributed by atoms with Crippen LogP contribution in [0, 0.1) is 11.8 Å². The van der Waals surface area contributed by atoms with Crippen LogP contribution in [0.4, 0.5) is 0 Å². The van der Waals surface area contributed by atoms with E-state index in [9.17, 15) is 4.79 Å². The average molecular weight is 249 g/mol. The molecule has 0 bridgehead atoms. The van der Waals surface area contributed by atoms with E-state index in [4.69, 9.17) is 0 Å². The van der Waals surface area contributed by atoms with Gasteiger partial charge in [0.1, 0.15) is 0 Å². The number of piperidine rings is 1. The predicted octanol–water partition coefficient (Wildman–Crippen LogP) is 1.91. The van der Waals surface area contributed by atoms with Gasteiger partial charge in [0.05, 0.1) is 0 Å². The fourth-order valence-corrected chi connectivity index (χ4v) is 1.96. The van der Waals surface area contributed by atoms with E-state index in [1.54, 1.807) is 0 Å². The van der Waals surface area contributed by atoms with Crippen LogP contribution in [0.25, 0.3) is 0 Å². The van der Waals surface area contributed by atoms with Gasteiger partial charge in [0.25, 0.3) is 0 Å². The first-order valence-corrected chi connectivity index (χ1v) is 6.02. The van der Waals surface area contributed by atoms with Crippen molar-refractivity contribution in [2.75, 3.05) is 20.1 Å². The van der Waals surface area contributed by atoms with Crippen LogP contribution in [-0.2, 0) is 4.79 Å². The molecule has 1 unspecified atom stereocenters. The minimum absolute atomic E-state index is 0. The summed E-state index contributed by atoms with van der Waals surface area (Å²) in [4.78, 5) is 14.1. The van der Waals surface area contributed by atoms with Crippen molar-refractivity contribution in [3.63, 3.8) is 0 Å². The van der Waals surface area contributed by atoms with E-state index in [1.807, 2.05) is 18.9 Å². The van der Waals surface area contributed by atoms with Crippen LogP contribution in [0.3, 0.4) is 0 Å². The van der Waals surface area contributed by atoms with Gasteiger partial charge in [-0.15, -0.1) is 12.4 Å². The number of rotatable bonds is 3. The van der Waals surface area contributed by atoms with E-state index in [0.717, 1.165) is 25.9 Å². The second kappa shape index (κ2) is 7.13. The number of likely N-dealkylation sites (tertiary alicyclic amines) is 1. The Bertz CT molecular complexity index is 213. The van der Waals surface area contributed by atoms with Crippen molar-refractivity contribution in [1.29, 1.82) is 0 Å². The zero-order valence-corrected chi connectivity index (χ0v) is 11.6. The number of nitrogens with zero attached hydrogens (tertiary/aromatic N) is 1. The van der Waals surface area contributed by atoms with Gasteiger partial charge in [-0.2, -0.15) is 0 Å². The number of halogens is 1. The van der Waals surface area contributed by atoms with Gasteiger partial charge in [-0.3, -0.25) is 4.79 Å². The normalized spacial score (nSPS) is 19.4. The lowest BCUT2D eigenvalue weighted by atomic mass is 9.95. The van der Waals surface area contributed by atoms with Crippen LogP contribution in [0.2, 0.25) is 0 Å². The maximum atomic E-state index is 12.0. The summed E-state index contributed by atoms with van der Waals surface area (Å²) in [5.74, 6) is 0.940. The number of carbonyl (C=O) groups excluding carboxylic acids is 1. The second-order valence-corrected chi connectivity index (χ2v) is 4.92. The SMILES string of the molecule is CNC1CCN(C(=O)C(C)C(C)C)CC1.Cl. The van der Waals surface area contributed by atoms with Gasteiger partial charge in [-0.05, 0) is 25.8 Å². The molecule has 3 nitrogen and oxygen atoms in total. The van der Waals surface area contributed by atoms with Crippen molar-refractivity contribution in [3.05, 3.63) is 0 Å². The number of carbonyl (C=O) groups is 1. The summed E-state index contributed by atoms with van der Waals surface area (Å²) >= 11 is 0. The Labute approximate surface area is 105 Å². The Hall–Kier alpha value is -0.280. The summed E-state index contributed by atoms with van der Waals surface area (Å²) in [6.45, 7) is 8.10. The largest absolute Gasteiger partial charge is 0.342 e. The first kappa shape index (κ1) is 15.7. The molecule has 1 aliphatic rings. The number of hydrogen-bond donors (Lipinski definition) is 1. The molecule has 1 rings (SSSR count). The van der Waals surface area contributed by atoms with Crippen molar-refractivity contribution >= 4 is 18.3 Å². The summed E-state index contributed by atoms with van der Waals surface area (Å²) in [6, 6.07) is 0.600. The molecule has 0 saturated carbocycles. The highest BCUT2D eigenvalue weighted by Gasteiger charge is 2.26. The molecule has 0 aliphatic carbocycles. The van der Waals surface area contributed by atoms with Crippen molar-refractivity contribution in [1.82, 2.24) is 10.2 Å². The third kappa shape index (κ3) is 3.95. The molecule has 0 spiro atoms. The highest BCUT2D eigenvalue weighted by molar-refractivity contribution is 5.85. The molecule has 0 radical (unpaired) electrons. The highest BCUT2D eigenvalue weighted by Crippen LogP contribution is 2.17. The van der Waals surface area contributed by atoms with Crippen LogP contribution in [0.5, 0.6) is 0 Å². The van der Waals surface area contributed by atoms with Gasteiger partial charge in [0.15, 0.2) is 0 Å². The Morgan fingerprint density at radius 3 is 2.12 bits per heavy atom. The van der Waals surface area contributed by atoms with E-state index < -0.39 is 0 Å². The van der Waals surface area contributed by atoms with Crippen LogP contribution in [-0.4, -0.2) is 37.0 Å². The predicted molar refractivity (Wildman–Crippen MR) is 69.9 cm³/mol. The molecule has 1 saturated heterocycles. The number of amides is 1. The molecule has 0 aromatic heterocycles. The molecule has 4 heteroatoms. The molecule has 1 heterocycles. The lowest BCUT2D eigenvalue weighted by Crippen LogP contribution is -2.46. The molecule has 0 aromatic rings. The van der Waals surface area contributed by atoms with E-state index in [-0.39, 0.29) is 18.3 Å². The standard InChI is InChI=1S/C12H24N2O.ClH/c1-9(2)10(3)12(15)14-7-5-11(13-4)6-8-14;/h9-11,13H,5-8H2,1-4H3;1H. The molecule has 16 heavy (non-hydrogen) atoms. The van der Waals surface area contributed by atoms with Crippen molar-refractivity contribution < 1.29 is 4.79 Å². The van der Waals surface area contributed by atoms with Crippen LogP contribution < -0.4 is 5.32 Å². The summed E-state index contributed by atoms with van der Waals surface area (Å²) in [7, 11) is 2.00. The van der Waals surface area contributed by atoms with Crippen LogP contribution in [0.1, 0.15) is 33.6 Å². The third-order valence-electron chi connectivity index (χ3n) is 3.60. The number of nitrogens with one attached hydrogen (secondary N) is 1. The first-order valence-electron chi connectivity index (χ1n) is 6.02. The minimum atomic E-state index is 0. The Kier molecular flexibility index (Phi) is 7.00. The summed E-state index contributed by atoms with van der Waals surface area (Å²) < 4.78 is 0. The maximum absolute atomic E-state index is 12.0. The molecular formula is C12H25ClN2O. The summed E-state index contributed by atoms with van der Waals surface area (Å²) in [6.07, 6.45) is 2.18. The monoisotopic (exact) mass is 248 g/mol. The molecule has 96 valence electrons. The lowest BCUT2D eigenvalue weighted by Gasteiger charge is -2.34. The second-order valence-electron chi connectivity index (χ2n) is 4.92. The zero-order valence-electron chi connectivity index (χ0n) is 10.8. The molecule has 1 atom stereocenters. The Morgan fingerprint density at radius 1 is 1.25 bits per heavy atom. The topological polar surface area (TPSA) is 32.3 Å². The van der Waals surface area contributed by atoms with Crippen molar-refractivity contribution in [2.24, 2.45) is 11.8 Å². The molecule has 1 aliphatic heterocycles. The lowest BCUT2D eigenvalue weighted by molar-refractivity contribution is -0.137. The molecule has 1 amide bonds. The Morgan fingerprint density at radius 2 is 1.75 bits per heavy atom. The van der Waals surface area contributed by atoms with Gasteiger partial charge < -0.3 is 10.2 Å². The highest BCUT2D eigenvalue weighted by atomic mass is 35.5. The minimum Gasteiger partial charge on any atom is -0.342 e. The van der Waals surface area contributed by atoms with E-state index in [2.05, 4.69) is 19.2 Å². The fraction of sp³-hybridized carbons (Fsp3) is 0.917. The van der Waals surface area contributed by atoms with Gasteiger partial charge in [0.2, 0.25) is 5.91 Å². The van der Waals surface area contributed by atoms with E-state index in [0.29, 0.717) is 17.9 Å². The molecule has 1 N–H and O–H groups in total. The smallest absolute Gasteiger partial charge is 0.225 e. The molecular weight excluding hydrogens is 224 g/mol. The van der Waals surface area contributed by atoms with Gasteiger partial charge in [-0.25, -0.2) is 0 Å². The summed E-state index contributed by atoms with van der Waals surface area (Å²) in [5.41, 5.74) is 0. The van der Waals surface area contributed by atoms with Crippen LogP contribution in [0.15, 0.2) is 0 Å². The van der Waals surface area contributed by atoms with Gasteiger partial charge >= 0.3 is 0 Å². The van der Waals surface area contributed by atoms with Gasteiger partial charge in [-0.1, -0.05) is 20.8 Å². The fourth-order valence-electron chi connectivity index (χ4n) is 1.96. The third-order valence-corrected chi connectivity index (χ3v) is 3.60. The average Bonchev–Trinajstić information content (AvgIpc) is 2.27. The first-order chi connectivity index (χ1) is 7.06. The molecule has 1 fully saturated rings. The molecule has 0 aromatic carbocycles. The quantitative estimate of drug-likeness (QED) is 0.828. The van der Waals surface area contributed by atoms with Crippen LogP contribution >= 0.6 is 12.4 Å². The van der Waals surface area contributed by atoms with Gasteiger partial charge in [0, 0.05) is 25.0 Å². The number of hydrogen-bond acceptors (Lipinski definition) is 2. The zero-order chi connectivity index (χ0) is 11.4. The summed E-state index contributed by atoms with van der Waals surface area (Å²) in [5, 5.41) is 3.28. The maximum Gasteiger partial charge on any atom is 0.225 e.